The third-order valence-electron chi connectivity index (χ3n) is 2.19. The predicted octanol–water partition coefficient (Wildman–Crippen LogP) is 3.25. The summed E-state index contributed by atoms with van der Waals surface area (Å²) in [4.78, 5) is 0. The van der Waals surface area contributed by atoms with E-state index in [1.54, 1.807) is 0 Å². The Morgan fingerprint density at radius 3 is 2.21 bits per heavy atom. The summed E-state index contributed by atoms with van der Waals surface area (Å²) in [7, 11) is 0. The van der Waals surface area contributed by atoms with Gasteiger partial charge in [0.15, 0.2) is 0 Å². The Kier molecular flexibility index (Phi) is 7.13. The maximum atomic E-state index is 8.65. The first kappa shape index (κ1) is 13.2. The lowest BCUT2D eigenvalue weighted by atomic mass is 10.0. The second-order valence-corrected chi connectivity index (χ2v) is 3.25. The summed E-state index contributed by atoms with van der Waals surface area (Å²) < 4.78 is 0. The normalized spacial score (nSPS) is 9.21. The summed E-state index contributed by atoms with van der Waals surface area (Å²) in [6, 6.07) is 6.48. The molecule has 14 heavy (non-hydrogen) atoms. The molecule has 0 radical (unpaired) electrons. The van der Waals surface area contributed by atoms with Gasteiger partial charge in [-0.25, -0.2) is 0 Å². The molecule has 1 heteroatoms. The minimum atomic E-state index is 0.285. The van der Waals surface area contributed by atoms with Crippen LogP contribution in [0.15, 0.2) is 18.2 Å². The molecule has 1 nitrogen and oxygen atoms in total. The monoisotopic (exact) mass is 194 g/mol. The third-order valence-corrected chi connectivity index (χ3v) is 2.19. The van der Waals surface area contributed by atoms with Crippen LogP contribution in [0, 0.1) is 13.8 Å². The molecule has 1 rings (SSSR count). The minimum absolute atomic E-state index is 0.285. The summed E-state index contributed by atoms with van der Waals surface area (Å²) in [5.74, 6) is 0. The highest BCUT2D eigenvalue weighted by Gasteiger charge is 1.95. The SMILES string of the molecule is CC.Cc1ccc(CCCO)cc1C. The molecular weight excluding hydrogens is 172 g/mol. The lowest BCUT2D eigenvalue weighted by Gasteiger charge is -2.03. The molecular formula is C13H22O. The molecule has 0 aliphatic rings. The van der Waals surface area contributed by atoms with Gasteiger partial charge in [0.05, 0.1) is 0 Å². The van der Waals surface area contributed by atoms with Crippen LogP contribution < -0.4 is 0 Å². The highest BCUT2D eigenvalue weighted by molar-refractivity contribution is 5.29. The average molecular weight is 194 g/mol. The van der Waals surface area contributed by atoms with Crippen LogP contribution in [0.4, 0.5) is 0 Å². The van der Waals surface area contributed by atoms with Gasteiger partial charge in [0.1, 0.15) is 0 Å². The molecule has 0 fully saturated rings. The standard InChI is InChI=1S/C11H16O.C2H6/c1-9-5-6-11(4-3-7-12)8-10(9)2;1-2/h5-6,8,12H,3-4,7H2,1-2H3;1-2H3. The van der Waals surface area contributed by atoms with Crippen LogP contribution in [-0.4, -0.2) is 11.7 Å². The fraction of sp³-hybridized carbons (Fsp3) is 0.538. The summed E-state index contributed by atoms with van der Waals surface area (Å²) in [5.41, 5.74) is 4.00. The molecule has 0 bridgehead atoms. The second kappa shape index (κ2) is 7.57. The Balaban J connectivity index is 0.000000791. The number of hydrogen-bond donors (Lipinski definition) is 1. The predicted molar refractivity (Wildman–Crippen MR) is 62.7 cm³/mol. The Bertz CT molecular complexity index is 253. The van der Waals surface area contributed by atoms with Crippen molar-refractivity contribution in [2.24, 2.45) is 0 Å². The van der Waals surface area contributed by atoms with Gasteiger partial charge < -0.3 is 5.11 Å². The second-order valence-electron chi connectivity index (χ2n) is 3.25. The van der Waals surface area contributed by atoms with E-state index in [4.69, 9.17) is 5.11 Å². The fourth-order valence-electron chi connectivity index (χ4n) is 1.24. The van der Waals surface area contributed by atoms with E-state index in [1.165, 1.54) is 16.7 Å². The molecule has 0 atom stereocenters. The van der Waals surface area contributed by atoms with Gasteiger partial charge in [-0.05, 0) is 43.4 Å². The lowest BCUT2D eigenvalue weighted by molar-refractivity contribution is 0.288. The largest absolute Gasteiger partial charge is 0.396 e. The van der Waals surface area contributed by atoms with Gasteiger partial charge in [-0.2, -0.15) is 0 Å². The van der Waals surface area contributed by atoms with Gasteiger partial charge in [-0.1, -0.05) is 32.0 Å². The molecule has 80 valence electrons. The molecule has 1 aromatic carbocycles. The summed E-state index contributed by atoms with van der Waals surface area (Å²) in [6.45, 7) is 8.52. The molecule has 0 unspecified atom stereocenters. The van der Waals surface area contributed by atoms with Crippen LogP contribution in [-0.2, 0) is 6.42 Å². The summed E-state index contributed by atoms with van der Waals surface area (Å²) >= 11 is 0. The van der Waals surface area contributed by atoms with Crippen molar-refractivity contribution in [1.29, 1.82) is 0 Å². The topological polar surface area (TPSA) is 20.2 Å². The smallest absolute Gasteiger partial charge is 0.0434 e. The van der Waals surface area contributed by atoms with Crippen LogP contribution in [0.5, 0.6) is 0 Å². The van der Waals surface area contributed by atoms with Crippen LogP contribution in [0.1, 0.15) is 37.0 Å². The number of aliphatic hydroxyl groups excluding tert-OH is 1. The molecule has 1 aromatic rings. The molecule has 0 aliphatic carbocycles. The average Bonchev–Trinajstić information content (AvgIpc) is 2.23. The van der Waals surface area contributed by atoms with E-state index in [9.17, 15) is 0 Å². The van der Waals surface area contributed by atoms with Crippen molar-refractivity contribution >= 4 is 0 Å². The van der Waals surface area contributed by atoms with Crippen molar-refractivity contribution in [3.05, 3.63) is 34.9 Å². The van der Waals surface area contributed by atoms with E-state index < -0.39 is 0 Å². The molecule has 0 spiro atoms. The van der Waals surface area contributed by atoms with E-state index in [0.29, 0.717) is 0 Å². The van der Waals surface area contributed by atoms with E-state index in [1.807, 2.05) is 13.8 Å². The zero-order chi connectivity index (χ0) is 11.0. The maximum absolute atomic E-state index is 8.65. The Morgan fingerprint density at radius 2 is 1.71 bits per heavy atom. The highest BCUT2D eigenvalue weighted by Crippen LogP contribution is 2.10. The van der Waals surface area contributed by atoms with Crippen molar-refractivity contribution in [3.63, 3.8) is 0 Å². The van der Waals surface area contributed by atoms with Crippen molar-refractivity contribution in [3.8, 4) is 0 Å². The molecule has 0 aromatic heterocycles. The Morgan fingerprint density at radius 1 is 1.07 bits per heavy atom. The van der Waals surface area contributed by atoms with Gasteiger partial charge in [-0.3, -0.25) is 0 Å². The van der Waals surface area contributed by atoms with Gasteiger partial charge >= 0.3 is 0 Å². The van der Waals surface area contributed by atoms with E-state index in [2.05, 4.69) is 32.0 Å². The van der Waals surface area contributed by atoms with Crippen LogP contribution >= 0.6 is 0 Å². The van der Waals surface area contributed by atoms with Gasteiger partial charge in [-0.15, -0.1) is 0 Å². The third kappa shape index (κ3) is 4.43. The van der Waals surface area contributed by atoms with Crippen LogP contribution in [0.3, 0.4) is 0 Å². The first-order valence-corrected chi connectivity index (χ1v) is 5.41. The van der Waals surface area contributed by atoms with E-state index in [-0.39, 0.29) is 6.61 Å². The molecule has 0 saturated carbocycles. The van der Waals surface area contributed by atoms with E-state index >= 15 is 0 Å². The number of rotatable bonds is 3. The quantitative estimate of drug-likeness (QED) is 0.783. The lowest BCUT2D eigenvalue weighted by Crippen LogP contribution is -1.91. The molecule has 0 heterocycles. The molecule has 0 aliphatic heterocycles. The molecule has 0 saturated heterocycles. The highest BCUT2D eigenvalue weighted by atomic mass is 16.2. The molecule has 1 N–H and O–H groups in total. The van der Waals surface area contributed by atoms with Gasteiger partial charge in [0, 0.05) is 6.61 Å². The fourth-order valence-corrected chi connectivity index (χ4v) is 1.24. The number of aliphatic hydroxyl groups is 1. The zero-order valence-corrected chi connectivity index (χ0v) is 9.80. The Hall–Kier alpha value is -0.820. The number of aryl methyl sites for hydroxylation is 3. The summed E-state index contributed by atoms with van der Waals surface area (Å²) in [5, 5.41) is 8.65. The minimum Gasteiger partial charge on any atom is -0.396 e. The van der Waals surface area contributed by atoms with Gasteiger partial charge in [0.25, 0.3) is 0 Å². The van der Waals surface area contributed by atoms with Crippen molar-refractivity contribution in [1.82, 2.24) is 0 Å². The van der Waals surface area contributed by atoms with Crippen molar-refractivity contribution in [2.45, 2.75) is 40.5 Å². The van der Waals surface area contributed by atoms with Crippen LogP contribution in [0.2, 0.25) is 0 Å². The molecule has 0 amide bonds. The zero-order valence-electron chi connectivity index (χ0n) is 9.80. The van der Waals surface area contributed by atoms with Crippen molar-refractivity contribution < 1.29 is 5.11 Å². The van der Waals surface area contributed by atoms with Crippen molar-refractivity contribution in [2.75, 3.05) is 6.61 Å². The van der Waals surface area contributed by atoms with E-state index in [0.717, 1.165) is 12.8 Å². The van der Waals surface area contributed by atoms with Crippen LogP contribution in [0.25, 0.3) is 0 Å². The first-order chi connectivity index (χ1) is 6.74. The first-order valence-electron chi connectivity index (χ1n) is 5.41. The maximum Gasteiger partial charge on any atom is 0.0434 e. The Labute approximate surface area is 87.8 Å². The number of benzene rings is 1. The number of hydrogen-bond acceptors (Lipinski definition) is 1. The summed E-state index contributed by atoms with van der Waals surface area (Å²) in [6.07, 6.45) is 1.85. The van der Waals surface area contributed by atoms with Gasteiger partial charge in [0.2, 0.25) is 0 Å².